The predicted octanol–water partition coefficient (Wildman–Crippen LogP) is 2.23. The Balaban J connectivity index is 2.88. The van der Waals surface area contributed by atoms with Crippen LogP contribution in [0, 0.1) is 5.82 Å². The summed E-state index contributed by atoms with van der Waals surface area (Å²) in [6, 6.07) is 4.40. The van der Waals surface area contributed by atoms with Crippen LogP contribution in [-0.2, 0) is 4.74 Å². The highest BCUT2D eigenvalue weighted by molar-refractivity contribution is 9.10. The number of hydrogen-bond acceptors (Lipinski definition) is 2. The van der Waals surface area contributed by atoms with Crippen molar-refractivity contribution in [2.75, 3.05) is 13.7 Å². The third-order valence-electron chi connectivity index (χ3n) is 1.71. The molecule has 1 aromatic carbocycles. The third kappa shape index (κ3) is 2.76. The number of rotatable bonds is 3. The second-order valence-corrected chi connectivity index (χ2v) is 3.64. The van der Waals surface area contributed by atoms with Crippen molar-refractivity contribution < 1.29 is 9.13 Å². The van der Waals surface area contributed by atoms with Crippen LogP contribution in [-0.4, -0.2) is 13.7 Å². The molecule has 1 aromatic rings. The number of ether oxygens (including phenoxy) is 1. The van der Waals surface area contributed by atoms with Crippen LogP contribution in [0.15, 0.2) is 22.7 Å². The van der Waals surface area contributed by atoms with Crippen LogP contribution in [0.25, 0.3) is 0 Å². The minimum Gasteiger partial charge on any atom is -0.383 e. The minimum atomic E-state index is -0.405. The molecule has 0 aliphatic rings. The van der Waals surface area contributed by atoms with Gasteiger partial charge in [-0.2, -0.15) is 0 Å². The fourth-order valence-corrected chi connectivity index (χ4v) is 1.40. The first-order chi connectivity index (χ1) is 6.15. The van der Waals surface area contributed by atoms with Gasteiger partial charge in [0.15, 0.2) is 0 Å². The molecule has 0 aliphatic carbocycles. The summed E-state index contributed by atoms with van der Waals surface area (Å²) in [4.78, 5) is 0. The Morgan fingerprint density at radius 2 is 2.31 bits per heavy atom. The Bertz CT molecular complexity index is 293. The summed E-state index contributed by atoms with van der Waals surface area (Å²) in [5.74, 6) is -0.307. The van der Waals surface area contributed by atoms with Gasteiger partial charge in [0, 0.05) is 17.1 Å². The molecule has 0 saturated heterocycles. The molecule has 0 radical (unpaired) electrons. The maximum absolute atomic E-state index is 13.3. The van der Waals surface area contributed by atoms with Crippen molar-refractivity contribution in [3.05, 3.63) is 34.1 Å². The molecule has 0 heterocycles. The van der Waals surface area contributed by atoms with Gasteiger partial charge in [-0.3, -0.25) is 0 Å². The zero-order valence-electron chi connectivity index (χ0n) is 7.26. The molecule has 0 bridgehead atoms. The second kappa shape index (κ2) is 4.69. The Kier molecular flexibility index (Phi) is 3.84. The van der Waals surface area contributed by atoms with Gasteiger partial charge in [0.05, 0.1) is 12.6 Å². The van der Waals surface area contributed by atoms with Gasteiger partial charge in [0.25, 0.3) is 0 Å². The number of nitrogens with two attached hydrogens (primary N) is 1. The van der Waals surface area contributed by atoms with Gasteiger partial charge in [-0.25, -0.2) is 4.39 Å². The first-order valence-corrected chi connectivity index (χ1v) is 4.64. The van der Waals surface area contributed by atoms with Crippen molar-refractivity contribution in [3.8, 4) is 0 Å². The maximum atomic E-state index is 13.3. The number of halogens is 2. The molecule has 0 spiro atoms. The lowest BCUT2D eigenvalue weighted by Crippen LogP contribution is -2.17. The van der Waals surface area contributed by atoms with Gasteiger partial charge >= 0.3 is 0 Å². The maximum Gasteiger partial charge on any atom is 0.129 e. The average molecular weight is 248 g/mol. The average Bonchev–Trinajstić information content (AvgIpc) is 2.04. The minimum absolute atomic E-state index is 0.307. The molecule has 4 heteroatoms. The molecule has 0 amide bonds. The quantitative estimate of drug-likeness (QED) is 0.890. The van der Waals surface area contributed by atoms with Crippen LogP contribution in [0.1, 0.15) is 11.6 Å². The van der Waals surface area contributed by atoms with Gasteiger partial charge in [-0.05, 0) is 12.1 Å². The van der Waals surface area contributed by atoms with Crippen molar-refractivity contribution in [2.45, 2.75) is 6.04 Å². The van der Waals surface area contributed by atoms with Gasteiger partial charge in [0.2, 0.25) is 0 Å². The van der Waals surface area contributed by atoms with Crippen molar-refractivity contribution in [2.24, 2.45) is 5.73 Å². The van der Waals surface area contributed by atoms with E-state index < -0.39 is 6.04 Å². The normalized spacial score (nSPS) is 12.9. The van der Waals surface area contributed by atoms with Crippen LogP contribution in [0.2, 0.25) is 0 Å². The third-order valence-corrected chi connectivity index (χ3v) is 2.20. The van der Waals surface area contributed by atoms with E-state index in [2.05, 4.69) is 15.9 Å². The second-order valence-electron chi connectivity index (χ2n) is 2.73. The molecule has 1 atom stereocenters. The molecule has 2 N–H and O–H groups in total. The Hall–Kier alpha value is -0.450. The molecule has 2 nitrogen and oxygen atoms in total. The molecule has 0 unspecified atom stereocenters. The molecule has 0 saturated carbocycles. The van der Waals surface area contributed by atoms with Crippen LogP contribution in [0.3, 0.4) is 0 Å². The number of benzene rings is 1. The Labute approximate surface area is 85.0 Å². The van der Waals surface area contributed by atoms with Crippen molar-refractivity contribution in [1.29, 1.82) is 0 Å². The zero-order chi connectivity index (χ0) is 9.84. The SMILES string of the molecule is COC[C@@H](N)c1ccc(Br)cc1F. The predicted molar refractivity (Wildman–Crippen MR) is 52.9 cm³/mol. The van der Waals surface area contributed by atoms with E-state index in [0.717, 1.165) is 0 Å². The summed E-state index contributed by atoms with van der Waals surface area (Å²) in [7, 11) is 1.54. The van der Waals surface area contributed by atoms with Gasteiger partial charge in [-0.1, -0.05) is 22.0 Å². The topological polar surface area (TPSA) is 35.2 Å². The number of hydrogen-bond donors (Lipinski definition) is 1. The first-order valence-electron chi connectivity index (χ1n) is 3.84. The summed E-state index contributed by atoms with van der Waals surface area (Å²) < 4.78 is 18.8. The highest BCUT2D eigenvalue weighted by atomic mass is 79.9. The summed E-state index contributed by atoms with van der Waals surface area (Å²) in [5, 5.41) is 0. The lowest BCUT2D eigenvalue weighted by molar-refractivity contribution is 0.179. The fraction of sp³-hybridized carbons (Fsp3) is 0.333. The van der Waals surface area contributed by atoms with Crippen molar-refractivity contribution in [3.63, 3.8) is 0 Å². The molecular weight excluding hydrogens is 237 g/mol. The molecule has 13 heavy (non-hydrogen) atoms. The van der Waals surface area contributed by atoms with Crippen LogP contribution < -0.4 is 5.73 Å². The van der Waals surface area contributed by atoms with E-state index in [1.54, 1.807) is 12.1 Å². The summed E-state index contributed by atoms with van der Waals surface area (Å²) >= 11 is 3.17. The molecule has 1 rings (SSSR count). The lowest BCUT2D eigenvalue weighted by Gasteiger charge is -2.11. The van der Waals surface area contributed by atoms with Crippen molar-refractivity contribution in [1.82, 2.24) is 0 Å². The molecular formula is C9H11BrFNO. The largest absolute Gasteiger partial charge is 0.383 e. The summed E-state index contributed by atoms with van der Waals surface area (Å²) in [6.07, 6.45) is 0. The van der Waals surface area contributed by atoms with Crippen LogP contribution in [0.4, 0.5) is 4.39 Å². The lowest BCUT2D eigenvalue weighted by atomic mass is 10.1. The molecule has 0 aromatic heterocycles. The first kappa shape index (κ1) is 10.6. The zero-order valence-corrected chi connectivity index (χ0v) is 8.84. The van der Waals surface area contributed by atoms with E-state index in [9.17, 15) is 4.39 Å². The van der Waals surface area contributed by atoms with E-state index in [1.165, 1.54) is 13.2 Å². The standard InChI is InChI=1S/C9H11BrFNO/c1-13-5-9(12)7-3-2-6(10)4-8(7)11/h2-4,9H,5,12H2,1H3/t9-/m1/s1. The molecule has 0 fully saturated rings. The Morgan fingerprint density at radius 1 is 1.62 bits per heavy atom. The van der Waals surface area contributed by atoms with Gasteiger partial charge in [0.1, 0.15) is 5.82 Å². The van der Waals surface area contributed by atoms with Crippen molar-refractivity contribution >= 4 is 15.9 Å². The van der Waals surface area contributed by atoms with E-state index >= 15 is 0 Å². The Morgan fingerprint density at radius 3 is 2.85 bits per heavy atom. The smallest absolute Gasteiger partial charge is 0.129 e. The van der Waals surface area contributed by atoms with E-state index in [0.29, 0.717) is 16.6 Å². The molecule has 72 valence electrons. The van der Waals surface area contributed by atoms with Gasteiger partial charge < -0.3 is 10.5 Å². The monoisotopic (exact) mass is 247 g/mol. The van der Waals surface area contributed by atoms with E-state index in [-0.39, 0.29) is 5.82 Å². The summed E-state index contributed by atoms with van der Waals surface area (Å²) in [6.45, 7) is 0.318. The highest BCUT2D eigenvalue weighted by Gasteiger charge is 2.10. The highest BCUT2D eigenvalue weighted by Crippen LogP contribution is 2.19. The van der Waals surface area contributed by atoms with Crippen LogP contribution in [0.5, 0.6) is 0 Å². The summed E-state index contributed by atoms with van der Waals surface area (Å²) in [5.41, 5.74) is 6.15. The van der Waals surface area contributed by atoms with E-state index in [1.807, 2.05) is 0 Å². The fourth-order valence-electron chi connectivity index (χ4n) is 1.07. The molecule has 0 aliphatic heterocycles. The van der Waals surface area contributed by atoms with Gasteiger partial charge in [-0.15, -0.1) is 0 Å². The number of methoxy groups -OCH3 is 1. The van der Waals surface area contributed by atoms with Crippen LogP contribution >= 0.6 is 15.9 Å². The van der Waals surface area contributed by atoms with E-state index in [4.69, 9.17) is 10.5 Å².